The molecule has 36 heavy (non-hydrogen) atoms. The van der Waals surface area contributed by atoms with Crippen LogP contribution in [0, 0.1) is 11.8 Å². The van der Waals surface area contributed by atoms with Crippen molar-refractivity contribution in [1.82, 2.24) is 4.90 Å². The maximum Gasteiger partial charge on any atom is 0.309 e. The predicted molar refractivity (Wildman–Crippen MR) is 149 cm³/mol. The molecule has 2 atom stereocenters. The highest BCUT2D eigenvalue weighted by Crippen LogP contribution is 2.45. The van der Waals surface area contributed by atoms with Gasteiger partial charge in [0.15, 0.2) is 0 Å². The Labute approximate surface area is 217 Å². The highest BCUT2D eigenvalue weighted by atomic mass is 28.4. The van der Waals surface area contributed by atoms with E-state index >= 15 is 0 Å². The van der Waals surface area contributed by atoms with Gasteiger partial charge in [0.25, 0.3) is 8.32 Å². The van der Waals surface area contributed by atoms with Crippen molar-refractivity contribution in [3.8, 4) is 0 Å². The Kier molecular flexibility index (Phi) is 8.45. The van der Waals surface area contributed by atoms with Gasteiger partial charge in [0.05, 0.1) is 12.5 Å². The number of benzene rings is 3. The SMILES string of the molecule is CCOC(=O)[C@@H]1CCN(Cc2ccccc2)C[C@H]1CC(C)(C)[Si](O)(c1ccccc1)c1ccccc1. The number of ether oxygens (including phenoxy) is 1. The Hall–Kier alpha value is -2.73. The molecule has 1 saturated heterocycles. The first-order chi connectivity index (χ1) is 17.3. The van der Waals surface area contributed by atoms with Crippen LogP contribution in [0.5, 0.6) is 0 Å². The van der Waals surface area contributed by atoms with E-state index in [1.165, 1.54) is 5.56 Å². The lowest BCUT2D eigenvalue weighted by Gasteiger charge is -2.46. The van der Waals surface area contributed by atoms with E-state index in [-0.39, 0.29) is 17.8 Å². The maximum absolute atomic E-state index is 13.1. The molecule has 4 rings (SSSR count). The van der Waals surface area contributed by atoms with E-state index in [1.807, 2.05) is 49.4 Å². The standard InChI is InChI=1S/C31H39NO3Si/c1-4-35-30(33)29-20-21-32(23-25-14-8-5-9-15-25)24-26(29)22-31(2,3)36(34,27-16-10-6-11-17-27)28-18-12-7-13-19-28/h5-19,26,29,34H,4,20-24H2,1-3H3/t26-,29-/m1/s1. The van der Waals surface area contributed by atoms with E-state index in [0.29, 0.717) is 6.61 Å². The molecule has 0 aliphatic carbocycles. The van der Waals surface area contributed by atoms with Gasteiger partial charge in [0, 0.05) is 13.1 Å². The molecule has 1 aliphatic heterocycles. The van der Waals surface area contributed by atoms with Gasteiger partial charge in [-0.25, -0.2) is 0 Å². The molecular weight excluding hydrogens is 462 g/mol. The van der Waals surface area contributed by atoms with Crippen molar-refractivity contribution in [2.75, 3.05) is 19.7 Å². The van der Waals surface area contributed by atoms with Crippen LogP contribution in [-0.4, -0.2) is 43.7 Å². The van der Waals surface area contributed by atoms with E-state index in [4.69, 9.17) is 4.74 Å². The molecule has 1 heterocycles. The average molecular weight is 502 g/mol. The molecule has 190 valence electrons. The zero-order chi connectivity index (χ0) is 25.6. The van der Waals surface area contributed by atoms with E-state index < -0.39 is 13.4 Å². The van der Waals surface area contributed by atoms with Gasteiger partial charge < -0.3 is 9.53 Å². The monoisotopic (exact) mass is 501 g/mol. The quantitative estimate of drug-likeness (QED) is 0.344. The third-order valence-corrected chi connectivity index (χ3v) is 12.3. The van der Waals surface area contributed by atoms with Crippen LogP contribution in [0.3, 0.4) is 0 Å². The van der Waals surface area contributed by atoms with Crippen LogP contribution in [0.2, 0.25) is 5.04 Å². The molecule has 4 nitrogen and oxygen atoms in total. The molecule has 1 fully saturated rings. The fraction of sp³-hybridized carbons (Fsp3) is 0.387. The molecule has 0 spiro atoms. The first kappa shape index (κ1) is 26.3. The van der Waals surface area contributed by atoms with Crippen LogP contribution in [0.15, 0.2) is 91.0 Å². The van der Waals surface area contributed by atoms with Gasteiger partial charge >= 0.3 is 5.97 Å². The molecule has 3 aromatic rings. The van der Waals surface area contributed by atoms with Crippen molar-refractivity contribution >= 4 is 24.7 Å². The number of likely N-dealkylation sites (tertiary alicyclic amines) is 1. The minimum Gasteiger partial charge on any atom is -0.466 e. The minimum absolute atomic E-state index is 0.0951. The number of carbonyl (C=O) groups is 1. The Morgan fingerprint density at radius 3 is 2.00 bits per heavy atom. The van der Waals surface area contributed by atoms with E-state index in [0.717, 1.165) is 42.8 Å². The summed E-state index contributed by atoms with van der Waals surface area (Å²) in [6.07, 6.45) is 1.53. The van der Waals surface area contributed by atoms with Crippen molar-refractivity contribution in [1.29, 1.82) is 0 Å². The topological polar surface area (TPSA) is 49.8 Å². The maximum atomic E-state index is 13.1. The van der Waals surface area contributed by atoms with Crippen molar-refractivity contribution in [3.05, 3.63) is 96.6 Å². The first-order valence-electron chi connectivity index (χ1n) is 13.1. The van der Waals surface area contributed by atoms with Crippen LogP contribution in [0.4, 0.5) is 0 Å². The summed E-state index contributed by atoms with van der Waals surface area (Å²) in [5.41, 5.74) is 1.28. The largest absolute Gasteiger partial charge is 0.466 e. The van der Waals surface area contributed by atoms with E-state index in [9.17, 15) is 9.59 Å². The van der Waals surface area contributed by atoms with Gasteiger partial charge in [-0.3, -0.25) is 9.69 Å². The number of rotatable bonds is 9. The number of carbonyl (C=O) groups excluding carboxylic acids is 1. The molecule has 0 radical (unpaired) electrons. The van der Waals surface area contributed by atoms with Crippen LogP contribution >= 0.6 is 0 Å². The second kappa shape index (κ2) is 11.5. The number of piperidine rings is 1. The number of hydrogen-bond acceptors (Lipinski definition) is 4. The third-order valence-electron chi connectivity index (χ3n) is 7.79. The highest BCUT2D eigenvalue weighted by molar-refractivity contribution is 6.98. The highest BCUT2D eigenvalue weighted by Gasteiger charge is 2.52. The molecule has 5 heteroatoms. The van der Waals surface area contributed by atoms with Crippen LogP contribution < -0.4 is 10.4 Å². The summed E-state index contributed by atoms with van der Waals surface area (Å²) in [6.45, 7) is 9.20. The molecular formula is C31H39NO3Si. The predicted octanol–water partition coefficient (Wildman–Crippen LogP) is 4.61. The Bertz CT molecular complexity index is 1060. The van der Waals surface area contributed by atoms with Crippen molar-refractivity contribution in [2.45, 2.75) is 45.2 Å². The Balaban J connectivity index is 1.66. The van der Waals surface area contributed by atoms with Crippen molar-refractivity contribution < 1.29 is 14.3 Å². The van der Waals surface area contributed by atoms with Gasteiger partial charge in [-0.15, -0.1) is 0 Å². The van der Waals surface area contributed by atoms with Gasteiger partial charge in [-0.05, 0) is 53.2 Å². The summed E-state index contributed by atoms with van der Waals surface area (Å²) in [6, 6.07) is 30.8. The van der Waals surface area contributed by atoms with Crippen molar-refractivity contribution in [2.24, 2.45) is 11.8 Å². The minimum atomic E-state index is -3.16. The zero-order valence-electron chi connectivity index (χ0n) is 21.8. The van der Waals surface area contributed by atoms with Crippen LogP contribution in [0.1, 0.15) is 39.2 Å². The smallest absolute Gasteiger partial charge is 0.309 e. The zero-order valence-corrected chi connectivity index (χ0v) is 22.8. The molecule has 0 aromatic heterocycles. The molecule has 0 saturated carbocycles. The van der Waals surface area contributed by atoms with Gasteiger partial charge in [-0.2, -0.15) is 0 Å². The summed E-state index contributed by atoms with van der Waals surface area (Å²) < 4.78 is 5.53. The van der Waals surface area contributed by atoms with Gasteiger partial charge in [0.1, 0.15) is 0 Å². The lowest BCUT2D eigenvalue weighted by molar-refractivity contribution is -0.152. The molecule has 0 unspecified atom stereocenters. The lowest BCUT2D eigenvalue weighted by Crippen LogP contribution is -2.66. The molecule has 3 aromatic carbocycles. The normalized spacial score (nSPS) is 19.1. The van der Waals surface area contributed by atoms with Gasteiger partial charge in [0.2, 0.25) is 0 Å². The molecule has 1 N–H and O–H groups in total. The van der Waals surface area contributed by atoms with E-state index in [2.05, 4.69) is 67.3 Å². The fourth-order valence-electron chi connectivity index (χ4n) is 5.97. The Morgan fingerprint density at radius 2 is 1.47 bits per heavy atom. The summed E-state index contributed by atoms with van der Waals surface area (Å²) in [4.78, 5) is 28.2. The molecule has 0 bridgehead atoms. The number of hydrogen-bond donors (Lipinski definition) is 1. The average Bonchev–Trinajstić information content (AvgIpc) is 2.90. The van der Waals surface area contributed by atoms with Crippen LogP contribution in [0.25, 0.3) is 0 Å². The summed E-state index contributed by atoms with van der Waals surface area (Å²) in [5, 5.41) is 1.60. The first-order valence-corrected chi connectivity index (χ1v) is 15.1. The second-order valence-electron chi connectivity index (χ2n) is 10.7. The molecule has 1 aliphatic rings. The third kappa shape index (κ3) is 5.64. The van der Waals surface area contributed by atoms with Gasteiger partial charge in [-0.1, -0.05) is 105 Å². The van der Waals surface area contributed by atoms with E-state index in [1.54, 1.807) is 0 Å². The van der Waals surface area contributed by atoms with Crippen LogP contribution in [-0.2, 0) is 16.1 Å². The molecule has 0 amide bonds. The second-order valence-corrected chi connectivity index (χ2v) is 14.6. The van der Waals surface area contributed by atoms with Crippen molar-refractivity contribution in [3.63, 3.8) is 0 Å². The lowest BCUT2D eigenvalue weighted by atomic mass is 9.80. The number of nitrogens with zero attached hydrogens (tertiary/aromatic N) is 1. The fourth-order valence-corrected chi connectivity index (χ4v) is 9.77. The summed E-state index contributed by atoms with van der Waals surface area (Å²) in [5.74, 6) is -0.147. The number of esters is 1. The summed E-state index contributed by atoms with van der Waals surface area (Å²) in [7, 11) is -3.16. The Morgan fingerprint density at radius 1 is 0.944 bits per heavy atom. The summed E-state index contributed by atoms with van der Waals surface area (Å²) >= 11 is 0.